The third-order valence-corrected chi connectivity index (χ3v) is 3.98. The van der Waals surface area contributed by atoms with Crippen molar-refractivity contribution in [1.82, 2.24) is 9.55 Å². The van der Waals surface area contributed by atoms with E-state index < -0.39 is 5.97 Å². The third-order valence-electron chi connectivity index (χ3n) is 3.98. The van der Waals surface area contributed by atoms with E-state index in [0.29, 0.717) is 25.3 Å². The Morgan fingerprint density at radius 1 is 1.20 bits per heavy atom. The maximum atomic E-state index is 11.2. The van der Waals surface area contributed by atoms with E-state index in [1.165, 1.54) is 5.56 Å². The van der Waals surface area contributed by atoms with Crippen molar-refractivity contribution in [2.24, 2.45) is 0 Å². The van der Waals surface area contributed by atoms with Crippen LogP contribution in [0.25, 0.3) is 11.0 Å². The highest BCUT2D eigenvalue weighted by atomic mass is 16.5. The molecule has 6 heteroatoms. The number of methoxy groups -OCH3 is 1. The summed E-state index contributed by atoms with van der Waals surface area (Å²) in [5.74, 6) is 0.531. The van der Waals surface area contributed by atoms with Gasteiger partial charge in [0.05, 0.1) is 23.2 Å². The second-order valence-electron chi connectivity index (χ2n) is 5.78. The molecule has 0 saturated carbocycles. The average molecular weight is 340 g/mol. The van der Waals surface area contributed by atoms with Crippen molar-refractivity contribution in [3.8, 4) is 5.75 Å². The Morgan fingerprint density at radius 3 is 2.64 bits per heavy atom. The zero-order chi connectivity index (χ0) is 17.8. The number of imidazole rings is 1. The first kappa shape index (κ1) is 17.0. The molecule has 1 aromatic heterocycles. The van der Waals surface area contributed by atoms with Crippen molar-refractivity contribution in [1.29, 1.82) is 0 Å². The minimum atomic E-state index is -0.967. The summed E-state index contributed by atoms with van der Waals surface area (Å²) < 4.78 is 13.0. The monoisotopic (exact) mass is 340 g/mol. The van der Waals surface area contributed by atoms with Crippen LogP contribution in [-0.2, 0) is 17.9 Å². The zero-order valence-electron chi connectivity index (χ0n) is 14.2. The molecule has 3 aromatic rings. The summed E-state index contributed by atoms with van der Waals surface area (Å²) in [6, 6.07) is 12.7. The molecule has 0 spiro atoms. The molecule has 0 unspecified atom stereocenters. The quantitative estimate of drug-likeness (QED) is 0.714. The van der Waals surface area contributed by atoms with Crippen LogP contribution in [0.2, 0.25) is 0 Å². The molecule has 2 aromatic carbocycles. The minimum Gasteiger partial charge on any atom is -0.486 e. The summed E-state index contributed by atoms with van der Waals surface area (Å²) in [6.45, 7) is 3.47. The number of benzene rings is 2. The Hall–Kier alpha value is -2.86. The zero-order valence-corrected chi connectivity index (χ0v) is 14.2. The number of ether oxygens (including phenoxy) is 2. The van der Waals surface area contributed by atoms with Crippen LogP contribution in [0.3, 0.4) is 0 Å². The SMILES string of the molecule is COCCn1c(COc2ccc(C)cc2)nc2cc(C(=O)O)ccc21. The van der Waals surface area contributed by atoms with Gasteiger partial charge < -0.3 is 19.1 Å². The van der Waals surface area contributed by atoms with Crippen LogP contribution in [0.5, 0.6) is 5.75 Å². The van der Waals surface area contributed by atoms with Crippen LogP contribution in [0.1, 0.15) is 21.7 Å². The number of aromatic nitrogens is 2. The van der Waals surface area contributed by atoms with E-state index in [4.69, 9.17) is 14.6 Å². The lowest BCUT2D eigenvalue weighted by molar-refractivity contribution is 0.0697. The van der Waals surface area contributed by atoms with E-state index >= 15 is 0 Å². The van der Waals surface area contributed by atoms with Gasteiger partial charge in [0.25, 0.3) is 0 Å². The van der Waals surface area contributed by atoms with Gasteiger partial charge in [-0.1, -0.05) is 17.7 Å². The van der Waals surface area contributed by atoms with Crippen LogP contribution in [0.4, 0.5) is 0 Å². The lowest BCUT2D eigenvalue weighted by Crippen LogP contribution is -2.10. The highest BCUT2D eigenvalue weighted by Gasteiger charge is 2.13. The molecule has 1 heterocycles. The number of carboxylic acids is 1. The molecular formula is C19H20N2O4. The predicted octanol–water partition coefficient (Wildman–Crippen LogP) is 3.27. The first-order valence-corrected chi connectivity index (χ1v) is 7.99. The lowest BCUT2D eigenvalue weighted by atomic mass is 10.2. The topological polar surface area (TPSA) is 73.6 Å². The highest BCUT2D eigenvalue weighted by Crippen LogP contribution is 2.20. The average Bonchev–Trinajstić information content (AvgIpc) is 2.96. The number of aromatic carboxylic acids is 1. The van der Waals surface area contributed by atoms with Gasteiger partial charge in [-0.3, -0.25) is 0 Å². The fraction of sp³-hybridized carbons (Fsp3) is 0.263. The van der Waals surface area contributed by atoms with Gasteiger partial charge >= 0.3 is 5.97 Å². The Balaban J connectivity index is 1.91. The fourth-order valence-electron chi connectivity index (χ4n) is 2.64. The molecule has 3 rings (SSSR count). The molecule has 0 bridgehead atoms. The predicted molar refractivity (Wildman–Crippen MR) is 94.1 cm³/mol. The van der Waals surface area contributed by atoms with Gasteiger partial charge in [0.1, 0.15) is 18.2 Å². The Bertz CT molecular complexity index is 884. The Labute approximate surface area is 145 Å². The highest BCUT2D eigenvalue weighted by molar-refractivity contribution is 5.92. The van der Waals surface area contributed by atoms with Gasteiger partial charge in [-0.15, -0.1) is 0 Å². The number of fused-ring (bicyclic) bond motifs is 1. The van der Waals surface area contributed by atoms with Crippen molar-refractivity contribution in [3.63, 3.8) is 0 Å². The van der Waals surface area contributed by atoms with E-state index in [2.05, 4.69) is 4.98 Å². The van der Waals surface area contributed by atoms with Crippen LogP contribution in [0, 0.1) is 6.92 Å². The molecular weight excluding hydrogens is 320 g/mol. The maximum absolute atomic E-state index is 11.2. The van der Waals surface area contributed by atoms with Crippen molar-refractivity contribution in [2.45, 2.75) is 20.1 Å². The molecule has 0 aliphatic rings. The summed E-state index contributed by atoms with van der Waals surface area (Å²) >= 11 is 0. The van der Waals surface area contributed by atoms with Crippen molar-refractivity contribution >= 4 is 17.0 Å². The normalized spacial score (nSPS) is 11.0. The molecule has 0 saturated heterocycles. The Morgan fingerprint density at radius 2 is 1.96 bits per heavy atom. The minimum absolute atomic E-state index is 0.217. The molecule has 0 aliphatic heterocycles. The summed E-state index contributed by atoms with van der Waals surface area (Å²) in [5.41, 5.74) is 2.89. The fourth-order valence-corrected chi connectivity index (χ4v) is 2.64. The van der Waals surface area contributed by atoms with Gasteiger partial charge in [0.2, 0.25) is 0 Å². The van der Waals surface area contributed by atoms with Crippen molar-refractivity contribution in [3.05, 3.63) is 59.4 Å². The van der Waals surface area contributed by atoms with Crippen LogP contribution < -0.4 is 4.74 Å². The molecule has 0 radical (unpaired) electrons. The van der Waals surface area contributed by atoms with Crippen LogP contribution in [-0.4, -0.2) is 34.3 Å². The van der Waals surface area contributed by atoms with Gasteiger partial charge in [-0.25, -0.2) is 9.78 Å². The number of rotatable bonds is 7. The molecule has 0 atom stereocenters. The second-order valence-corrected chi connectivity index (χ2v) is 5.78. The standard InChI is InChI=1S/C19H20N2O4/c1-13-3-6-15(7-4-13)25-12-18-20-16-11-14(19(22)23)5-8-17(16)21(18)9-10-24-2/h3-8,11H,9-10,12H2,1-2H3,(H,22,23). The summed E-state index contributed by atoms with van der Waals surface area (Å²) in [4.78, 5) is 15.7. The molecule has 130 valence electrons. The van der Waals surface area contributed by atoms with E-state index in [-0.39, 0.29) is 5.56 Å². The maximum Gasteiger partial charge on any atom is 0.335 e. The van der Waals surface area contributed by atoms with E-state index in [0.717, 1.165) is 17.1 Å². The second kappa shape index (κ2) is 7.36. The first-order chi connectivity index (χ1) is 12.1. The van der Waals surface area contributed by atoms with Gasteiger partial charge in [-0.05, 0) is 37.3 Å². The molecule has 1 N–H and O–H groups in total. The van der Waals surface area contributed by atoms with Gasteiger partial charge in [0.15, 0.2) is 0 Å². The molecule has 0 amide bonds. The molecule has 25 heavy (non-hydrogen) atoms. The smallest absolute Gasteiger partial charge is 0.335 e. The molecule has 0 aliphatic carbocycles. The first-order valence-electron chi connectivity index (χ1n) is 7.99. The summed E-state index contributed by atoms with van der Waals surface area (Å²) in [7, 11) is 1.64. The van der Waals surface area contributed by atoms with E-state index in [1.807, 2.05) is 35.8 Å². The number of hydrogen-bond acceptors (Lipinski definition) is 4. The van der Waals surface area contributed by atoms with Crippen LogP contribution in [0.15, 0.2) is 42.5 Å². The largest absolute Gasteiger partial charge is 0.486 e. The number of aryl methyl sites for hydroxylation is 1. The number of hydrogen-bond donors (Lipinski definition) is 1. The van der Waals surface area contributed by atoms with E-state index in [9.17, 15) is 4.79 Å². The van der Waals surface area contributed by atoms with E-state index in [1.54, 1.807) is 25.3 Å². The number of carboxylic acid groups (broad SMARTS) is 1. The molecule has 0 fully saturated rings. The summed E-state index contributed by atoms with van der Waals surface area (Å²) in [5, 5.41) is 9.16. The molecule has 6 nitrogen and oxygen atoms in total. The number of carbonyl (C=O) groups is 1. The Kier molecular flexibility index (Phi) is 5.00. The lowest BCUT2D eigenvalue weighted by Gasteiger charge is -2.10. The number of nitrogens with zero attached hydrogens (tertiary/aromatic N) is 2. The van der Waals surface area contributed by atoms with Crippen LogP contribution >= 0.6 is 0 Å². The third kappa shape index (κ3) is 3.80. The van der Waals surface area contributed by atoms with Gasteiger partial charge in [-0.2, -0.15) is 0 Å². The van der Waals surface area contributed by atoms with Gasteiger partial charge in [0, 0.05) is 13.7 Å². The van der Waals surface area contributed by atoms with Crippen molar-refractivity contribution < 1.29 is 19.4 Å². The summed E-state index contributed by atoms with van der Waals surface area (Å²) in [6.07, 6.45) is 0. The van der Waals surface area contributed by atoms with Crippen molar-refractivity contribution in [2.75, 3.05) is 13.7 Å².